The number of hydrogen-bond donors (Lipinski definition) is 2. The second-order valence-corrected chi connectivity index (χ2v) is 5.74. The molecule has 0 aliphatic rings. The minimum atomic E-state index is -0.396. The molecule has 0 amide bonds. The zero-order valence-corrected chi connectivity index (χ0v) is 13.5. The van der Waals surface area contributed by atoms with Crippen LogP contribution in [0.2, 0.25) is 0 Å². The second kappa shape index (κ2) is 6.86. The molecular weight excluding hydrogens is 328 g/mol. The standard InChI is InChI=1S/C13H17BrN2O2S/c1-7(2)11(13(17)18-3)16-8-4-5-9(12(15)19)10(14)6-8/h4-7,11,16H,1-3H3,(H2,15,19). The third kappa shape index (κ3) is 4.18. The molecule has 0 heterocycles. The number of ether oxygens (including phenoxy) is 1. The van der Waals surface area contributed by atoms with E-state index in [1.807, 2.05) is 32.0 Å². The van der Waals surface area contributed by atoms with Gasteiger partial charge in [-0.3, -0.25) is 0 Å². The monoisotopic (exact) mass is 344 g/mol. The van der Waals surface area contributed by atoms with E-state index in [1.54, 1.807) is 0 Å². The summed E-state index contributed by atoms with van der Waals surface area (Å²) in [6.07, 6.45) is 0. The molecule has 104 valence electrons. The Kier molecular flexibility index (Phi) is 5.75. The third-order valence-corrected chi connectivity index (χ3v) is 3.55. The Bertz CT molecular complexity index is 492. The number of hydrogen-bond acceptors (Lipinski definition) is 4. The molecule has 1 aromatic carbocycles. The van der Waals surface area contributed by atoms with Crippen LogP contribution in [0.1, 0.15) is 19.4 Å². The predicted octanol–water partition coefficient (Wildman–Crippen LogP) is 2.69. The first-order valence-electron chi connectivity index (χ1n) is 5.80. The topological polar surface area (TPSA) is 64.3 Å². The van der Waals surface area contributed by atoms with Crippen molar-refractivity contribution in [2.75, 3.05) is 12.4 Å². The highest BCUT2D eigenvalue weighted by Gasteiger charge is 2.22. The van der Waals surface area contributed by atoms with Crippen molar-refractivity contribution in [2.45, 2.75) is 19.9 Å². The van der Waals surface area contributed by atoms with Crippen molar-refractivity contribution < 1.29 is 9.53 Å². The number of benzene rings is 1. The van der Waals surface area contributed by atoms with Gasteiger partial charge in [0.05, 0.1) is 7.11 Å². The fourth-order valence-electron chi connectivity index (χ4n) is 1.61. The maximum atomic E-state index is 11.7. The Labute approximate surface area is 126 Å². The van der Waals surface area contributed by atoms with Gasteiger partial charge in [0.15, 0.2) is 0 Å². The highest BCUT2D eigenvalue weighted by molar-refractivity contribution is 9.10. The normalized spacial score (nSPS) is 12.1. The van der Waals surface area contributed by atoms with Crippen molar-refractivity contribution >= 4 is 44.8 Å². The van der Waals surface area contributed by atoms with Gasteiger partial charge in [-0.05, 0) is 40.0 Å². The van der Waals surface area contributed by atoms with Crippen LogP contribution in [0.5, 0.6) is 0 Å². The summed E-state index contributed by atoms with van der Waals surface area (Å²) < 4.78 is 5.57. The minimum Gasteiger partial charge on any atom is -0.467 e. The Morgan fingerprint density at radius 1 is 1.47 bits per heavy atom. The molecule has 19 heavy (non-hydrogen) atoms. The van der Waals surface area contributed by atoms with Crippen LogP contribution in [0.4, 0.5) is 5.69 Å². The quantitative estimate of drug-likeness (QED) is 0.635. The van der Waals surface area contributed by atoms with Crippen LogP contribution in [0.3, 0.4) is 0 Å². The maximum Gasteiger partial charge on any atom is 0.328 e. The summed E-state index contributed by atoms with van der Waals surface area (Å²) in [6, 6.07) is 5.08. The highest BCUT2D eigenvalue weighted by atomic mass is 79.9. The van der Waals surface area contributed by atoms with Gasteiger partial charge in [0.25, 0.3) is 0 Å². The van der Waals surface area contributed by atoms with Crippen molar-refractivity contribution in [1.82, 2.24) is 0 Å². The SMILES string of the molecule is COC(=O)C(Nc1ccc(C(N)=S)c(Br)c1)C(C)C. The Morgan fingerprint density at radius 2 is 2.11 bits per heavy atom. The second-order valence-electron chi connectivity index (χ2n) is 4.45. The van der Waals surface area contributed by atoms with Gasteiger partial charge in [0, 0.05) is 15.7 Å². The number of thiocarbonyl (C=S) groups is 1. The summed E-state index contributed by atoms with van der Waals surface area (Å²) in [5.74, 6) is -0.175. The number of esters is 1. The molecule has 3 N–H and O–H groups in total. The molecule has 0 aliphatic heterocycles. The molecule has 0 fully saturated rings. The summed E-state index contributed by atoms with van der Waals surface area (Å²) in [5.41, 5.74) is 7.16. The molecule has 4 nitrogen and oxygen atoms in total. The third-order valence-electron chi connectivity index (χ3n) is 2.68. The molecule has 0 spiro atoms. The lowest BCUT2D eigenvalue weighted by Crippen LogP contribution is -2.35. The van der Waals surface area contributed by atoms with E-state index in [4.69, 9.17) is 22.7 Å². The number of halogens is 1. The molecular formula is C13H17BrN2O2S. The van der Waals surface area contributed by atoms with Gasteiger partial charge < -0.3 is 15.8 Å². The first-order chi connectivity index (χ1) is 8.86. The van der Waals surface area contributed by atoms with Gasteiger partial charge in [-0.25, -0.2) is 4.79 Å². The number of nitrogens with one attached hydrogen (secondary N) is 1. The van der Waals surface area contributed by atoms with E-state index in [0.717, 1.165) is 15.7 Å². The smallest absolute Gasteiger partial charge is 0.328 e. The van der Waals surface area contributed by atoms with E-state index in [9.17, 15) is 4.79 Å². The molecule has 0 aliphatic carbocycles. The molecule has 6 heteroatoms. The van der Waals surface area contributed by atoms with E-state index in [1.165, 1.54) is 7.11 Å². The summed E-state index contributed by atoms with van der Waals surface area (Å²) in [7, 11) is 1.38. The van der Waals surface area contributed by atoms with E-state index >= 15 is 0 Å². The number of nitrogens with two attached hydrogens (primary N) is 1. The zero-order valence-electron chi connectivity index (χ0n) is 11.1. The van der Waals surface area contributed by atoms with Crippen LogP contribution in [-0.2, 0) is 9.53 Å². The fourth-order valence-corrected chi connectivity index (χ4v) is 2.51. The summed E-state index contributed by atoms with van der Waals surface area (Å²) >= 11 is 8.34. The van der Waals surface area contributed by atoms with E-state index in [-0.39, 0.29) is 11.9 Å². The largest absolute Gasteiger partial charge is 0.467 e. The predicted molar refractivity (Wildman–Crippen MR) is 84.3 cm³/mol. The van der Waals surface area contributed by atoms with Gasteiger partial charge >= 0.3 is 5.97 Å². The summed E-state index contributed by atoms with van der Waals surface area (Å²) in [6.45, 7) is 3.90. The number of carbonyl (C=O) groups excluding carboxylic acids is 1. The molecule has 0 bridgehead atoms. The van der Waals surface area contributed by atoms with Crippen molar-refractivity contribution in [2.24, 2.45) is 11.7 Å². The van der Waals surface area contributed by atoms with Gasteiger partial charge in [-0.15, -0.1) is 0 Å². The molecule has 0 saturated heterocycles. The summed E-state index contributed by atoms with van der Waals surface area (Å²) in [4.78, 5) is 12.0. The lowest BCUT2D eigenvalue weighted by atomic mass is 10.0. The van der Waals surface area contributed by atoms with E-state index < -0.39 is 6.04 Å². The number of rotatable bonds is 5. The molecule has 0 aromatic heterocycles. The van der Waals surface area contributed by atoms with Crippen LogP contribution in [0.15, 0.2) is 22.7 Å². The molecule has 1 unspecified atom stereocenters. The first-order valence-corrected chi connectivity index (χ1v) is 7.00. The Hall–Kier alpha value is -1.14. The van der Waals surface area contributed by atoms with E-state index in [2.05, 4.69) is 21.2 Å². The van der Waals surface area contributed by atoms with Crippen LogP contribution in [0.25, 0.3) is 0 Å². The van der Waals surface area contributed by atoms with Crippen LogP contribution >= 0.6 is 28.1 Å². The number of anilines is 1. The molecule has 1 rings (SSSR count). The number of methoxy groups -OCH3 is 1. The lowest BCUT2D eigenvalue weighted by Gasteiger charge is -2.21. The van der Waals surface area contributed by atoms with E-state index in [0.29, 0.717) is 4.99 Å². The first kappa shape index (κ1) is 15.9. The van der Waals surface area contributed by atoms with Crippen LogP contribution < -0.4 is 11.1 Å². The van der Waals surface area contributed by atoms with Crippen molar-refractivity contribution in [1.29, 1.82) is 0 Å². The molecule has 1 aromatic rings. The maximum absolute atomic E-state index is 11.7. The zero-order chi connectivity index (χ0) is 14.6. The lowest BCUT2D eigenvalue weighted by molar-refractivity contribution is -0.142. The van der Waals surface area contributed by atoms with Crippen LogP contribution in [-0.4, -0.2) is 24.1 Å². The highest BCUT2D eigenvalue weighted by Crippen LogP contribution is 2.23. The molecule has 1 atom stereocenters. The van der Waals surface area contributed by atoms with Gasteiger partial charge in [0.1, 0.15) is 11.0 Å². The fraction of sp³-hybridized carbons (Fsp3) is 0.385. The minimum absolute atomic E-state index is 0.112. The Balaban J connectivity index is 2.95. The van der Waals surface area contributed by atoms with Gasteiger partial charge in [0.2, 0.25) is 0 Å². The Morgan fingerprint density at radius 3 is 2.53 bits per heavy atom. The van der Waals surface area contributed by atoms with Crippen molar-refractivity contribution in [3.05, 3.63) is 28.2 Å². The van der Waals surface area contributed by atoms with Crippen molar-refractivity contribution in [3.8, 4) is 0 Å². The summed E-state index contributed by atoms with van der Waals surface area (Å²) in [5, 5.41) is 3.15. The molecule has 0 radical (unpaired) electrons. The average molecular weight is 345 g/mol. The van der Waals surface area contributed by atoms with Crippen LogP contribution in [0, 0.1) is 5.92 Å². The van der Waals surface area contributed by atoms with Gasteiger partial charge in [-0.1, -0.05) is 26.1 Å². The number of carbonyl (C=O) groups is 1. The van der Waals surface area contributed by atoms with Gasteiger partial charge in [-0.2, -0.15) is 0 Å². The molecule has 0 saturated carbocycles. The average Bonchev–Trinajstić information content (AvgIpc) is 2.34. The van der Waals surface area contributed by atoms with Crippen molar-refractivity contribution in [3.63, 3.8) is 0 Å².